The molecule has 0 heterocycles. The molecule has 0 unspecified atom stereocenters. The molecule has 1 aromatic carbocycles. The lowest BCUT2D eigenvalue weighted by Gasteiger charge is -2.13. The maximum atomic E-state index is 11.4. The van der Waals surface area contributed by atoms with Crippen LogP contribution in [-0.2, 0) is 6.42 Å². The number of carbonyl (C=O) groups is 1. The summed E-state index contributed by atoms with van der Waals surface area (Å²) in [6.45, 7) is 8.36. The maximum absolute atomic E-state index is 11.4. The average molecular weight is 302 g/mol. The molecule has 1 aromatic rings. The van der Waals surface area contributed by atoms with Crippen molar-refractivity contribution in [3.8, 4) is 0 Å². The summed E-state index contributed by atoms with van der Waals surface area (Å²) in [5.41, 5.74) is 5.86. The van der Waals surface area contributed by atoms with Gasteiger partial charge in [-0.25, -0.2) is 0 Å². The van der Waals surface area contributed by atoms with Crippen molar-refractivity contribution in [2.75, 3.05) is 0 Å². The zero-order chi connectivity index (χ0) is 10.9. The molecule has 0 aromatic heterocycles. The SMILES string of the molecule is CCc1cc(C(=O)I)c(C)c(C)c1C. The zero-order valence-electron chi connectivity index (χ0n) is 9.07. The summed E-state index contributed by atoms with van der Waals surface area (Å²) in [7, 11) is 0. The first kappa shape index (κ1) is 11.7. The second kappa shape index (κ2) is 4.43. The van der Waals surface area contributed by atoms with Gasteiger partial charge in [0.05, 0.1) is 0 Å². The van der Waals surface area contributed by atoms with Crippen molar-refractivity contribution in [2.24, 2.45) is 0 Å². The quantitative estimate of drug-likeness (QED) is 0.600. The first-order chi connectivity index (χ1) is 6.49. The minimum absolute atomic E-state index is 0.137. The summed E-state index contributed by atoms with van der Waals surface area (Å²) >= 11 is 1.86. The molecule has 0 amide bonds. The smallest absolute Gasteiger partial charge is 0.222 e. The molecular formula is C12H15IO. The Labute approximate surface area is 99.0 Å². The van der Waals surface area contributed by atoms with Gasteiger partial charge in [-0.05, 0) is 55.5 Å². The van der Waals surface area contributed by atoms with Gasteiger partial charge in [0.1, 0.15) is 0 Å². The Morgan fingerprint density at radius 1 is 1.21 bits per heavy atom. The maximum Gasteiger partial charge on any atom is 0.222 e. The molecule has 0 atom stereocenters. The van der Waals surface area contributed by atoms with E-state index in [2.05, 4.69) is 20.8 Å². The molecule has 0 bridgehead atoms. The first-order valence-corrected chi connectivity index (χ1v) is 5.86. The van der Waals surface area contributed by atoms with Crippen LogP contribution in [0.15, 0.2) is 6.07 Å². The van der Waals surface area contributed by atoms with Gasteiger partial charge in [-0.1, -0.05) is 6.92 Å². The highest BCUT2D eigenvalue weighted by atomic mass is 127. The molecule has 0 aliphatic rings. The Kier molecular flexibility index (Phi) is 3.70. The fourth-order valence-corrected chi connectivity index (χ4v) is 2.25. The Morgan fingerprint density at radius 2 is 1.79 bits per heavy atom. The Hall–Kier alpha value is -0.380. The molecule has 1 nitrogen and oxygen atoms in total. The van der Waals surface area contributed by atoms with Gasteiger partial charge in [0.25, 0.3) is 0 Å². The second-order valence-electron chi connectivity index (χ2n) is 3.59. The van der Waals surface area contributed by atoms with Crippen LogP contribution in [0.2, 0.25) is 0 Å². The molecule has 0 radical (unpaired) electrons. The molecule has 1 rings (SSSR count). The van der Waals surface area contributed by atoms with Crippen LogP contribution in [0, 0.1) is 20.8 Å². The van der Waals surface area contributed by atoms with Gasteiger partial charge in [0.2, 0.25) is 3.79 Å². The molecule has 0 aliphatic carbocycles. The molecular weight excluding hydrogens is 287 g/mol. The van der Waals surface area contributed by atoms with Crippen molar-refractivity contribution in [3.63, 3.8) is 0 Å². The molecule has 0 spiro atoms. The third kappa shape index (κ3) is 2.00. The summed E-state index contributed by atoms with van der Waals surface area (Å²) < 4.78 is 0.137. The van der Waals surface area contributed by atoms with Crippen molar-refractivity contribution in [1.82, 2.24) is 0 Å². The Balaban J connectivity index is 3.48. The first-order valence-electron chi connectivity index (χ1n) is 4.78. The second-order valence-corrected chi connectivity index (χ2v) is 4.57. The van der Waals surface area contributed by atoms with Gasteiger partial charge in [0, 0.05) is 28.2 Å². The molecule has 0 saturated carbocycles. The molecule has 0 aliphatic heterocycles. The summed E-state index contributed by atoms with van der Waals surface area (Å²) in [4.78, 5) is 11.4. The Morgan fingerprint density at radius 3 is 2.21 bits per heavy atom. The number of halogens is 1. The molecule has 0 N–H and O–H groups in total. The predicted molar refractivity (Wildman–Crippen MR) is 68.4 cm³/mol. The fraction of sp³-hybridized carbons (Fsp3) is 0.417. The van der Waals surface area contributed by atoms with E-state index in [-0.39, 0.29) is 3.79 Å². The lowest BCUT2D eigenvalue weighted by Crippen LogP contribution is -2.01. The van der Waals surface area contributed by atoms with Crippen LogP contribution >= 0.6 is 22.6 Å². The van der Waals surface area contributed by atoms with Crippen molar-refractivity contribution in [1.29, 1.82) is 0 Å². The van der Waals surface area contributed by atoms with Crippen LogP contribution in [0.1, 0.15) is 39.5 Å². The monoisotopic (exact) mass is 302 g/mol. The number of hydrogen-bond acceptors (Lipinski definition) is 1. The van der Waals surface area contributed by atoms with Gasteiger partial charge in [-0.3, -0.25) is 4.79 Å². The number of rotatable bonds is 2. The number of hydrogen-bond donors (Lipinski definition) is 0. The number of aryl methyl sites for hydroxylation is 1. The van der Waals surface area contributed by atoms with E-state index in [4.69, 9.17) is 0 Å². The molecule has 0 fully saturated rings. The van der Waals surface area contributed by atoms with Crippen LogP contribution in [0.25, 0.3) is 0 Å². The van der Waals surface area contributed by atoms with Crippen molar-refractivity contribution in [3.05, 3.63) is 33.9 Å². The summed E-state index contributed by atoms with van der Waals surface area (Å²) in [6.07, 6.45) is 0.990. The topological polar surface area (TPSA) is 17.1 Å². The largest absolute Gasteiger partial charge is 0.282 e. The summed E-state index contributed by atoms with van der Waals surface area (Å²) in [6, 6.07) is 2.03. The Bertz CT molecular complexity index is 380. The van der Waals surface area contributed by atoms with Gasteiger partial charge < -0.3 is 0 Å². The van der Waals surface area contributed by atoms with E-state index >= 15 is 0 Å². The van der Waals surface area contributed by atoms with E-state index in [0.29, 0.717) is 0 Å². The molecule has 0 saturated heterocycles. The highest BCUT2D eigenvalue weighted by Gasteiger charge is 2.11. The summed E-state index contributed by atoms with van der Waals surface area (Å²) in [5.74, 6) is 0. The standard InChI is InChI=1S/C12H15IO/c1-5-10-6-11(12(13)14)9(4)7(2)8(10)3/h6H,5H2,1-4H3. The van der Waals surface area contributed by atoms with Gasteiger partial charge in [0.15, 0.2) is 0 Å². The molecule has 2 heteroatoms. The van der Waals surface area contributed by atoms with E-state index in [1.807, 2.05) is 35.6 Å². The molecule has 76 valence electrons. The number of carbonyl (C=O) groups excluding carboxylic acids is 1. The summed E-state index contributed by atoms with van der Waals surface area (Å²) in [5, 5.41) is 0. The van der Waals surface area contributed by atoms with Crippen molar-refractivity contribution in [2.45, 2.75) is 34.1 Å². The van der Waals surface area contributed by atoms with Gasteiger partial charge in [-0.2, -0.15) is 0 Å². The minimum Gasteiger partial charge on any atom is -0.282 e. The lowest BCUT2D eigenvalue weighted by atomic mass is 9.93. The van der Waals surface area contributed by atoms with E-state index in [0.717, 1.165) is 17.5 Å². The molecule has 14 heavy (non-hydrogen) atoms. The van der Waals surface area contributed by atoms with Crippen LogP contribution in [0.5, 0.6) is 0 Å². The lowest BCUT2D eigenvalue weighted by molar-refractivity contribution is 0.110. The third-order valence-corrected chi connectivity index (χ3v) is 3.50. The van der Waals surface area contributed by atoms with E-state index < -0.39 is 0 Å². The van der Waals surface area contributed by atoms with E-state index in [1.165, 1.54) is 16.7 Å². The van der Waals surface area contributed by atoms with Crippen molar-refractivity contribution < 1.29 is 4.79 Å². The van der Waals surface area contributed by atoms with Crippen LogP contribution in [-0.4, -0.2) is 3.79 Å². The highest BCUT2D eigenvalue weighted by molar-refractivity contribution is 14.1. The zero-order valence-corrected chi connectivity index (χ0v) is 11.2. The van der Waals surface area contributed by atoms with Crippen LogP contribution in [0.3, 0.4) is 0 Å². The van der Waals surface area contributed by atoms with Gasteiger partial charge in [-0.15, -0.1) is 0 Å². The highest BCUT2D eigenvalue weighted by Crippen LogP contribution is 2.23. The van der Waals surface area contributed by atoms with Crippen molar-refractivity contribution >= 4 is 26.4 Å². The minimum atomic E-state index is 0.137. The number of benzene rings is 1. The van der Waals surface area contributed by atoms with Gasteiger partial charge >= 0.3 is 0 Å². The van der Waals surface area contributed by atoms with Crippen LogP contribution < -0.4 is 0 Å². The normalized spacial score (nSPS) is 10.4. The fourth-order valence-electron chi connectivity index (χ4n) is 1.69. The predicted octanol–water partition coefficient (Wildman–Crippen LogP) is 3.75. The van der Waals surface area contributed by atoms with Crippen LogP contribution in [0.4, 0.5) is 0 Å². The average Bonchev–Trinajstić information content (AvgIpc) is 2.14. The van der Waals surface area contributed by atoms with E-state index in [9.17, 15) is 4.79 Å². The third-order valence-electron chi connectivity index (χ3n) is 2.92. The van der Waals surface area contributed by atoms with E-state index in [1.54, 1.807) is 0 Å².